The summed E-state index contributed by atoms with van der Waals surface area (Å²) in [6.45, 7) is 32.0. The molecule has 2 unspecified atom stereocenters. The average molecular weight is 1380 g/mol. The highest BCUT2D eigenvalue weighted by Crippen LogP contribution is 2.24. The van der Waals surface area contributed by atoms with Crippen LogP contribution in [0.1, 0.15) is 187 Å². The number of nitrogens with zero attached hydrogens (tertiary/aromatic N) is 2. The second-order valence-electron chi connectivity index (χ2n) is 24.7. The topological polar surface area (TPSA) is 161 Å². The van der Waals surface area contributed by atoms with Crippen LogP contribution < -0.4 is 9.80 Å². The van der Waals surface area contributed by atoms with Gasteiger partial charge in [-0.2, -0.15) is 0 Å². The first-order chi connectivity index (χ1) is 47.6. The van der Waals surface area contributed by atoms with Gasteiger partial charge in [-0.3, -0.25) is 38.4 Å². The zero-order valence-electron chi connectivity index (χ0n) is 60.6. The number of hydrogen-bond acceptors (Lipinski definition) is 13. The molecular weight excluding hydrogens is 1280 g/mol. The molecule has 2 saturated heterocycles. The van der Waals surface area contributed by atoms with E-state index in [2.05, 4.69) is 35.8 Å². The summed E-state index contributed by atoms with van der Waals surface area (Å²) < 4.78 is 11.0. The number of benzene rings is 9. The molecule has 2 fully saturated rings. The van der Waals surface area contributed by atoms with E-state index in [1.165, 1.54) is 33.5 Å². The number of fused-ring (bicyclic) bond motifs is 1. The SMILES string of the molecule is C.CC(=O)c1c(C)cc(C)cc1C.CC(=O)c1ccc(-c2ccccc2)cc1.CC(=O)c1ccc(N2CC(C)OC(C)C2)cc1.CC(=O)c1ccc(N2CCOCC2)cc1.CC(=O)c1ccc2ccccc2c1.CC(=O)c1ccccc1C.CC(=O)c1ccccc1C.CC(=O)c1cccs1. The Balaban J connectivity index is 0.000000247. The van der Waals surface area contributed by atoms with Crippen molar-refractivity contribution in [1.29, 1.82) is 0 Å². The Morgan fingerprint density at radius 1 is 0.366 bits per heavy atom. The van der Waals surface area contributed by atoms with Gasteiger partial charge >= 0.3 is 0 Å². The summed E-state index contributed by atoms with van der Waals surface area (Å²) in [6, 6.07) is 70.2. The highest BCUT2D eigenvalue weighted by molar-refractivity contribution is 7.12. The lowest BCUT2D eigenvalue weighted by molar-refractivity contribution is -0.00523. The third-order valence-electron chi connectivity index (χ3n) is 16.2. The Labute approximate surface area is 603 Å². The van der Waals surface area contributed by atoms with Gasteiger partial charge in [0.05, 0.1) is 30.3 Å². The van der Waals surface area contributed by atoms with Gasteiger partial charge in [0.15, 0.2) is 46.3 Å². The average Bonchev–Trinajstić information content (AvgIpc) is 0.897. The molecule has 2 aliphatic rings. The summed E-state index contributed by atoms with van der Waals surface area (Å²) in [7, 11) is 0. The number of thiophene rings is 1. The molecule has 12 rings (SSSR count). The fraction of sp³-hybridized carbons (Fsp3) is 0.273. The second kappa shape index (κ2) is 42.7. The lowest BCUT2D eigenvalue weighted by Crippen LogP contribution is -2.45. The monoisotopic (exact) mass is 1380 g/mol. The van der Waals surface area contributed by atoms with Crippen molar-refractivity contribution >= 4 is 79.7 Å². The summed E-state index contributed by atoms with van der Waals surface area (Å²) in [4.78, 5) is 93.4. The first-order valence-corrected chi connectivity index (χ1v) is 34.4. The molecule has 0 aliphatic carbocycles. The van der Waals surface area contributed by atoms with Gasteiger partial charge in [0.1, 0.15) is 0 Å². The van der Waals surface area contributed by atoms with Crippen LogP contribution in [0.4, 0.5) is 11.4 Å². The molecule has 0 N–H and O–H groups in total. The summed E-state index contributed by atoms with van der Waals surface area (Å²) in [5.41, 5.74) is 15.7. The number of carbonyl (C=O) groups excluding carboxylic acids is 8. The zero-order chi connectivity index (χ0) is 73.4. The number of morpholine rings is 2. The molecule has 0 bridgehead atoms. The summed E-state index contributed by atoms with van der Waals surface area (Å²) in [5.74, 6) is 1.03. The minimum Gasteiger partial charge on any atom is -0.378 e. The number of hydrogen-bond donors (Lipinski definition) is 0. The van der Waals surface area contributed by atoms with E-state index in [-0.39, 0.29) is 65.9 Å². The lowest BCUT2D eigenvalue weighted by Gasteiger charge is -2.36. The van der Waals surface area contributed by atoms with E-state index >= 15 is 0 Å². The normalized spacial score (nSPS) is 13.2. The Hall–Kier alpha value is -10.2. The van der Waals surface area contributed by atoms with Gasteiger partial charge in [0.2, 0.25) is 0 Å². The number of ether oxygens (including phenoxy) is 2. The third-order valence-corrected chi connectivity index (χ3v) is 17.2. The van der Waals surface area contributed by atoms with Crippen LogP contribution in [0.3, 0.4) is 0 Å². The van der Waals surface area contributed by atoms with E-state index < -0.39 is 0 Å². The quantitative estimate of drug-likeness (QED) is 0.113. The molecule has 12 nitrogen and oxygen atoms in total. The van der Waals surface area contributed by atoms with Gasteiger partial charge in [-0.25, -0.2) is 0 Å². The highest BCUT2D eigenvalue weighted by Gasteiger charge is 2.22. The largest absolute Gasteiger partial charge is 0.378 e. The van der Waals surface area contributed by atoms with Crippen LogP contribution in [-0.4, -0.2) is 97.9 Å². The Bertz CT molecular complexity index is 4220. The maximum absolute atomic E-state index is 11.2. The summed E-state index contributed by atoms with van der Waals surface area (Å²) >= 11 is 1.48. The van der Waals surface area contributed by atoms with E-state index in [0.29, 0.717) is 0 Å². The van der Waals surface area contributed by atoms with E-state index in [4.69, 9.17) is 9.47 Å². The number of rotatable bonds is 11. The molecule has 528 valence electrons. The molecule has 0 saturated carbocycles. The van der Waals surface area contributed by atoms with Crippen molar-refractivity contribution in [2.45, 2.75) is 123 Å². The first kappa shape index (κ1) is 83.2. The summed E-state index contributed by atoms with van der Waals surface area (Å²) in [5, 5.41) is 4.19. The number of carbonyl (C=O) groups is 8. The van der Waals surface area contributed by atoms with E-state index in [1.54, 1.807) is 55.4 Å². The molecular formula is C88H100N2O10S. The van der Waals surface area contributed by atoms with Crippen LogP contribution in [0.2, 0.25) is 0 Å². The Kier molecular flexibility index (Phi) is 35.2. The molecule has 2 atom stereocenters. The molecule has 0 spiro atoms. The summed E-state index contributed by atoms with van der Waals surface area (Å²) in [6.07, 6.45) is 0.512. The predicted octanol–water partition coefficient (Wildman–Crippen LogP) is 20.6. The van der Waals surface area contributed by atoms with Crippen LogP contribution >= 0.6 is 11.3 Å². The number of aryl methyl sites for hydroxylation is 5. The van der Waals surface area contributed by atoms with Gasteiger partial charge in [0, 0.05) is 76.5 Å². The third kappa shape index (κ3) is 28.2. The van der Waals surface area contributed by atoms with E-state index in [9.17, 15) is 38.4 Å². The van der Waals surface area contributed by atoms with Gasteiger partial charge < -0.3 is 19.3 Å². The van der Waals surface area contributed by atoms with Crippen LogP contribution in [0.25, 0.3) is 21.9 Å². The number of anilines is 2. The van der Waals surface area contributed by atoms with Crippen molar-refractivity contribution in [3.63, 3.8) is 0 Å². The maximum Gasteiger partial charge on any atom is 0.169 e. The number of ketones is 8. The van der Waals surface area contributed by atoms with E-state index in [0.717, 1.165) is 122 Å². The van der Waals surface area contributed by atoms with Crippen molar-refractivity contribution in [1.82, 2.24) is 0 Å². The van der Waals surface area contributed by atoms with Gasteiger partial charge in [-0.05, 0) is 214 Å². The van der Waals surface area contributed by atoms with Crippen LogP contribution in [0, 0.1) is 34.6 Å². The molecule has 9 aromatic carbocycles. The molecule has 101 heavy (non-hydrogen) atoms. The highest BCUT2D eigenvalue weighted by atomic mass is 32.1. The molecule has 10 aromatic rings. The fourth-order valence-electron chi connectivity index (χ4n) is 11.1. The van der Waals surface area contributed by atoms with Crippen molar-refractivity contribution in [2.24, 2.45) is 0 Å². The fourth-order valence-corrected chi connectivity index (χ4v) is 11.7. The van der Waals surface area contributed by atoms with E-state index in [1.807, 2.05) is 246 Å². The standard InChI is InChI=1S/C14H19NO2.C14H12O.C12H15NO2.C12H10O.C11H14O.2C9H10O.C6H6OS.CH4/c1-10-8-15(9-11(2)17-10)14-6-4-13(5-7-14)12(3)16;1-11(15)12-7-9-14(10-8-12)13-5-3-2-4-6-13;1-10(14)11-2-4-12(5-3-11)13-6-8-15-9-7-13;1-9(13)11-7-6-10-4-2-3-5-12(10)8-11;1-7-5-8(2)11(10(4)12)9(3)6-7;2*1-7-5-3-4-6-9(7)8(2)10;1-5(7)6-3-2-4-8-6;/h4-7,10-11H,8-9H2,1-3H3;2-10H,1H3;2-5H,6-9H2,1H3;2-8H,1H3;5-6H,1-4H3;2*3-6H,1-2H3;2-4H,1H3;1H4. The van der Waals surface area contributed by atoms with Crippen molar-refractivity contribution in [3.8, 4) is 11.1 Å². The minimum atomic E-state index is 0. The predicted molar refractivity (Wildman–Crippen MR) is 418 cm³/mol. The van der Waals surface area contributed by atoms with Crippen molar-refractivity contribution in [2.75, 3.05) is 49.2 Å². The molecule has 0 amide bonds. The van der Waals surface area contributed by atoms with Gasteiger partial charge in [0.25, 0.3) is 0 Å². The molecule has 2 aliphatic heterocycles. The molecule has 13 heteroatoms. The van der Waals surface area contributed by atoms with Gasteiger partial charge in [-0.1, -0.05) is 171 Å². The lowest BCUT2D eigenvalue weighted by atomic mass is 9.97. The second-order valence-corrected chi connectivity index (χ2v) is 25.6. The van der Waals surface area contributed by atoms with Crippen LogP contribution in [0.5, 0.6) is 0 Å². The minimum absolute atomic E-state index is 0. The van der Waals surface area contributed by atoms with Crippen LogP contribution in [-0.2, 0) is 9.47 Å². The first-order valence-electron chi connectivity index (χ1n) is 33.5. The Morgan fingerprint density at radius 3 is 1.15 bits per heavy atom. The molecule has 1 aromatic heterocycles. The van der Waals surface area contributed by atoms with Crippen molar-refractivity contribution in [3.05, 3.63) is 295 Å². The number of Topliss-reactive ketones (excluding diaryl/α,β-unsaturated/α-hetero) is 8. The molecule has 0 radical (unpaired) electrons. The maximum atomic E-state index is 11.2. The Morgan fingerprint density at radius 2 is 0.762 bits per heavy atom. The van der Waals surface area contributed by atoms with Crippen LogP contribution in [0.15, 0.2) is 224 Å². The smallest absolute Gasteiger partial charge is 0.169 e. The van der Waals surface area contributed by atoms with Gasteiger partial charge in [-0.15, -0.1) is 11.3 Å². The molecule has 3 heterocycles. The van der Waals surface area contributed by atoms with Crippen molar-refractivity contribution < 1.29 is 47.8 Å². The zero-order valence-corrected chi connectivity index (χ0v) is 61.5.